The molecule has 428 valence electrons. The second kappa shape index (κ2) is 56.2. The van der Waals surface area contributed by atoms with Gasteiger partial charge >= 0.3 is 11.9 Å². The number of allylic oxidation sites excluding steroid dienone is 18. The normalized spacial score (nSPS) is 13.6. The minimum Gasteiger partial charge on any atom is -0.545 e. The van der Waals surface area contributed by atoms with Crippen LogP contribution in [0.5, 0.6) is 0 Å². The maximum Gasteiger partial charge on any atom is 0.306 e. The van der Waals surface area contributed by atoms with Crippen LogP contribution in [0.15, 0.2) is 109 Å². The van der Waals surface area contributed by atoms with Crippen molar-refractivity contribution >= 4 is 17.9 Å². The van der Waals surface area contributed by atoms with E-state index in [1.165, 1.54) is 77.0 Å². The lowest BCUT2D eigenvalue weighted by atomic mass is 10.0. The number of hydrogen-bond donors (Lipinski definition) is 0. The molecule has 0 aliphatic heterocycles. The van der Waals surface area contributed by atoms with Gasteiger partial charge in [0.1, 0.15) is 13.2 Å². The van der Waals surface area contributed by atoms with E-state index < -0.39 is 24.3 Å². The van der Waals surface area contributed by atoms with E-state index in [1.54, 1.807) is 0 Å². The van der Waals surface area contributed by atoms with Crippen LogP contribution < -0.4 is 5.11 Å². The van der Waals surface area contributed by atoms with Crippen LogP contribution in [0.2, 0.25) is 0 Å². The maximum absolute atomic E-state index is 12.9. The van der Waals surface area contributed by atoms with Crippen LogP contribution in [0.25, 0.3) is 0 Å². The summed E-state index contributed by atoms with van der Waals surface area (Å²) in [4.78, 5) is 37.3. The van der Waals surface area contributed by atoms with Crippen LogP contribution in [-0.4, -0.2) is 82.3 Å². The highest BCUT2D eigenvalue weighted by Gasteiger charge is 2.22. The number of ether oxygens (including phenoxy) is 4. The molecule has 0 aromatic rings. The minimum absolute atomic E-state index is 0.140. The van der Waals surface area contributed by atoms with Crippen LogP contribution in [0.1, 0.15) is 232 Å². The Labute approximate surface area is 460 Å². The van der Waals surface area contributed by atoms with Gasteiger partial charge in [0.15, 0.2) is 12.4 Å². The Morgan fingerprint density at radius 2 is 0.720 bits per heavy atom. The summed E-state index contributed by atoms with van der Waals surface area (Å²) in [6.07, 6.45) is 74.3. The molecule has 2 unspecified atom stereocenters. The fraction of sp³-hybridized carbons (Fsp3) is 0.682. The zero-order valence-corrected chi connectivity index (χ0v) is 48.6. The maximum atomic E-state index is 12.9. The number of aliphatic carboxylic acids is 1. The minimum atomic E-state index is -1.63. The van der Waals surface area contributed by atoms with E-state index in [-0.39, 0.29) is 38.6 Å². The first kappa shape index (κ1) is 71.0. The molecule has 0 aliphatic rings. The molecule has 0 spiro atoms. The first-order chi connectivity index (χ1) is 36.6. The van der Waals surface area contributed by atoms with Crippen molar-refractivity contribution < 1.29 is 42.9 Å². The lowest BCUT2D eigenvalue weighted by Gasteiger charge is -2.26. The van der Waals surface area contributed by atoms with Gasteiger partial charge in [0.05, 0.1) is 40.3 Å². The molecule has 0 bridgehead atoms. The fourth-order valence-corrected chi connectivity index (χ4v) is 7.97. The second-order valence-electron chi connectivity index (χ2n) is 20.9. The quantitative estimate of drug-likeness (QED) is 0.0195. The molecule has 0 N–H and O–H groups in total. The Morgan fingerprint density at radius 1 is 0.400 bits per heavy atom. The zero-order chi connectivity index (χ0) is 54.8. The van der Waals surface area contributed by atoms with Gasteiger partial charge in [-0.3, -0.25) is 9.59 Å². The molecule has 2 atom stereocenters. The number of likely N-dealkylation sites (N-methyl/N-ethyl adjacent to an activating group) is 1. The monoisotopic (exact) mass is 1050 g/mol. The highest BCUT2D eigenvalue weighted by Crippen LogP contribution is 2.16. The SMILES string of the molecule is CC/C=C\C/C=C\C/C=C\C/C=C\C/C=C\CCCCCCCCCCCCCCCCCC(=O)OC(COC(=O)CCCCCCCC/C=C\C/C=C\C/C=C\C/C=C\CC)COC(OCC[N+](C)(C)C)C(=O)[O-]. The molecule has 0 rings (SSSR count). The second-order valence-corrected chi connectivity index (χ2v) is 20.9. The lowest BCUT2D eigenvalue weighted by molar-refractivity contribution is -0.870. The molecule has 75 heavy (non-hydrogen) atoms. The molecule has 9 heteroatoms. The Morgan fingerprint density at radius 3 is 1.07 bits per heavy atom. The third kappa shape index (κ3) is 57.5. The van der Waals surface area contributed by atoms with Gasteiger partial charge in [0, 0.05) is 12.8 Å². The van der Waals surface area contributed by atoms with Gasteiger partial charge in [-0.2, -0.15) is 0 Å². The summed E-state index contributed by atoms with van der Waals surface area (Å²) >= 11 is 0. The van der Waals surface area contributed by atoms with Crippen molar-refractivity contribution in [2.24, 2.45) is 0 Å². The highest BCUT2D eigenvalue weighted by molar-refractivity contribution is 5.70. The van der Waals surface area contributed by atoms with Crippen LogP contribution in [0, 0.1) is 0 Å². The zero-order valence-electron chi connectivity index (χ0n) is 48.6. The predicted octanol–water partition coefficient (Wildman–Crippen LogP) is 16.6. The molecule has 0 saturated heterocycles. The molecular formula is C66H111NO8. The summed E-state index contributed by atoms with van der Waals surface area (Å²) in [5.41, 5.74) is 0. The van der Waals surface area contributed by atoms with Gasteiger partial charge < -0.3 is 33.3 Å². The predicted molar refractivity (Wildman–Crippen MR) is 315 cm³/mol. The standard InChI is InChI=1S/C66H111NO8/c1-6-8-10-12-14-16-18-20-22-24-26-27-28-29-30-31-32-33-34-35-36-37-39-41-43-45-47-49-51-53-55-57-64(69)75-62(61-74-66(65(70)71)72-59-58-67(3,4)5)60-73-63(68)56-54-52-50-48-46-44-42-40-38-25-23-21-19-17-15-13-11-9-7-2/h8-11,14-17,20-23,26-27,29-30,38,40,62,66H,6-7,12-13,18-19,24-25,28,31-37,39,41-61H2,1-5H3/b10-8-,11-9-,16-14-,17-15-,22-20-,23-21-,27-26-,30-29-,40-38-. The van der Waals surface area contributed by atoms with E-state index >= 15 is 0 Å². The molecular weight excluding hydrogens is 935 g/mol. The third-order valence-corrected chi connectivity index (χ3v) is 12.5. The average Bonchev–Trinajstić information content (AvgIpc) is 3.38. The number of quaternary nitrogens is 1. The number of carboxylic acids is 1. The van der Waals surface area contributed by atoms with E-state index in [0.29, 0.717) is 17.4 Å². The Hall–Kier alpha value is -4.05. The van der Waals surface area contributed by atoms with Crippen molar-refractivity contribution in [3.8, 4) is 0 Å². The van der Waals surface area contributed by atoms with Gasteiger partial charge in [0.2, 0.25) is 0 Å². The number of nitrogens with zero attached hydrogens (tertiary/aromatic N) is 1. The Bertz CT molecular complexity index is 1590. The number of esters is 2. The van der Waals surface area contributed by atoms with E-state index in [4.69, 9.17) is 18.9 Å². The molecule has 9 nitrogen and oxygen atoms in total. The van der Waals surface area contributed by atoms with Gasteiger partial charge in [-0.25, -0.2) is 0 Å². The molecule has 0 amide bonds. The number of unbranched alkanes of at least 4 members (excludes halogenated alkanes) is 21. The molecule has 0 aromatic carbocycles. The summed E-state index contributed by atoms with van der Waals surface area (Å²) < 4.78 is 22.7. The van der Waals surface area contributed by atoms with Gasteiger partial charge in [0.25, 0.3) is 0 Å². The smallest absolute Gasteiger partial charge is 0.306 e. The van der Waals surface area contributed by atoms with Crippen molar-refractivity contribution in [3.63, 3.8) is 0 Å². The van der Waals surface area contributed by atoms with Crippen molar-refractivity contribution in [1.82, 2.24) is 0 Å². The number of carbonyl (C=O) groups excluding carboxylic acids is 3. The van der Waals surface area contributed by atoms with Gasteiger partial charge in [-0.1, -0.05) is 232 Å². The number of hydrogen-bond acceptors (Lipinski definition) is 8. The van der Waals surface area contributed by atoms with E-state index in [2.05, 4.69) is 123 Å². The van der Waals surface area contributed by atoms with E-state index in [9.17, 15) is 19.5 Å². The largest absolute Gasteiger partial charge is 0.545 e. The molecule has 0 radical (unpaired) electrons. The van der Waals surface area contributed by atoms with Crippen LogP contribution in [-0.2, 0) is 33.3 Å². The summed E-state index contributed by atoms with van der Waals surface area (Å²) in [5, 5.41) is 11.8. The molecule has 0 saturated carbocycles. The van der Waals surface area contributed by atoms with Crippen LogP contribution in [0.3, 0.4) is 0 Å². The summed E-state index contributed by atoms with van der Waals surface area (Å²) in [5.74, 6) is -2.31. The van der Waals surface area contributed by atoms with Crippen LogP contribution >= 0.6 is 0 Å². The number of carbonyl (C=O) groups is 3. The van der Waals surface area contributed by atoms with Crippen molar-refractivity contribution in [2.75, 3.05) is 47.5 Å². The highest BCUT2D eigenvalue weighted by atomic mass is 16.7. The summed E-state index contributed by atoms with van der Waals surface area (Å²) in [7, 11) is 5.91. The van der Waals surface area contributed by atoms with Gasteiger partial charge in [-0.05, 0) is 96.3 Å². The fourth-order valence-electron chi connectivity index (χ4n) is 7.97. The first-order valence-electron chi connectivity index (χ1n) is 30.0. The van der Waals surface area contributed by atoms with Crippen molar-refractivity contribution in [3.05, 3.63) is 109 Å². The topological polar surface area (TPSA) is 111 Å². The lowest BCUT2D eigenvalue weighted by Crippen LogP contribution is -2.44. The Kier molecular flexibility index (Phi) is 53.1. The van der Waals surface area contributed by atoms with E-state index in [1.807, 2.05) is 21.1 Å². The van der Waals surface area contributed by atoms with E-state index in [0.717, 1.165) is 122 Å². The summed E-state index contributed by atoms with van der Waals surface area (Å²) in [6, 6.07) is 0. The van der Waals surface area contributed by atoms with Crippen molar-refractivity contribution in [2.45, 2.75) is 245 Å². The first-order valence-corrected chi connectivity index (χ1v) is 30.0. The van der Waals surface area contributed by atoms with Gasteiger partial charge in [-0.15, -0.1) is 0 Å². The third-order valence-electron chi connectivity index (χ3n) is 12.5. The summed E-state index contributed by atoms with van der Waals surface area (Å²) in [6.45, 7) is 4.50. The average molecular weight is 1050 g/mol. The van der Waals surface area contributed by atoms with Crippen molar-refractivity contribution in [1.29, 1.82) is 0 Å². The molecule has 0 fully saturated rings. The molecule has 0 heterocycles. The number of carboxylic acid groups (broad SMARTS) is 1. The number of rotatable bonds is 54. The molecule has 0 aromatic heterocycles. The molecule has 0 aliphatic carbocycles. The van der Waals surface area contributed by atoms with Crippen LogP contribution in [0.4, 0.5) is 0 Å². The Balaban J connectivity index is 4.21.